The standard InChI is InChI=1S/C18H19N3O/c1-14-19-20-17(22-14)13-21(2)18(15-9-5-3-6-10-15)16-11-7-4-8-12-16/h3-12,18H,13H2,1-2H3. The molecule has 3 rings (SSSR count). The second-order valence-corrected chi connectivity index (χ2v) is 5.35. The fourth-order valence-corrected chi connectivity index (χ4v) is 2.68. The molecule has 0 saturated heterocycles. The van der Waals surface area contributed by atoms with Crippen LogP contribution in [0.3, 0.4) is 0 Å². The summed E-state index contributed by atoms with van der Waals surface area (Å²) in [7, 11) is 2.07. The predicted octanol–water partition coefficient (Wildman–Crippen LogP) is 3.60. The average Bonchev–Trinajstić information content (AvgIpc) is 2.95. The number of benzene rings is 2. The van der Waals surface area contributed by atoms with E-state index in [0.29, 0.717) is 18.3 Å². The molecule has 4 heteroatoms. The highest BCUT2D eigenvalue weighted by Gasteiger charge is 2.20. The Hall–Kier alpha value is -2.46. The first-order valence-electron chi connectivity index (χ1n) is 7.33. The molecule has 0 aliphatic carbocycles. The summed E-state index contributed by atoms with van der Waals surface area (Å²) in [6.45, 7) is 2.41. The molecule has 0 unspecified atom stereocenters. The number of rotatable bonds is 5. The highest BCUT2D eigenvalue weighted by Crippen LogP contribution is 2.28. The molecule has 112 valence electrons. The van der Waals surface area contributed by atoms with Gasteiger partial charge in [0.15, 0.2) is 0 Å². The Kier molecular flexibility index (Phi) is 4.30. The maximum absolute atomic E-state index is 5.51. The number of aromatic nitrogens is 2. The van der Waals surface area contributed by atoms with Crippen LogP contribution in [0.1, 0.15) is 29.0 Å². The van der Waals surface area contributed by atoms with Crippen LogP contribution in [0.15, 0.2) is 65.1 Å². The van der Waals surface area contributed by atoms with Crippen molar-refractivity contribution in [2.45, 2.75) is 19.5 Å². The third kappa shape index (κ3) is 3.23. The van der Waals surface area contributed by atoms with Gasteiger partial charge in [0.2, 0.25) is 11.8 Å². The van der Waals surface area contributed by atoms with Gasteiger partial charge in [0, 0.05) is 6.92 Å². The summed E-state index contributed by atoms with van der Waals surface area (Å²) >= 11 is 0. The summed E-state index contributed by atoms with van der Waals surface area (Å²) in [5.74, 6) is 1.23. The molecule has 0 saturated carbocycles. The zero-order valence-electron chi connectivity index (χ0n) is 12.8. The quantitative estimate of drug-likeness (QED) is 0.721. The van der Waals surface area contributed by atoms with E-state index >= 15 is 0 Å². The molecule has 0 N–H and O–H groups in total. The monoisotopic (exact) mass is 293 g/mol. The van der Waals surface area contributed by atoms with Crippen molar-refractivity contribution in [1.29, 1.82) is 0 Å². The molecule has 22 heavy (non-hydrogen) atoms. The summed E-state index contributed by atoms with van der Waals surface area (Å²) < 4.78 is 5.51. The Morgan fingerprint density at radius 2 is 1.45 bits per heavy atom. The van der Waals surface area contributed by atoms with Crippen molar-refractivity contribution in [1.82, 2.24) is 15.1 Å². The van der Waals surface area contributed by atoms with E-state index in [9.17, 15) is 0 Å². The lowest BCUT2D eigenvalue weighted by molar-refractivity contribution is 0.241. The van der Waals surface area contributed by atoms with Crippen molar-refractivity contribution >= 4 is 0 Å². The van der Waals surface area contributed by atoms with Gasteiger partial charge in [-0.25, -0.2) is 0 Å². The van der Waals surface area contributed by atoms with Gasteiger partial charge in [0.25, 0.3) is 0 Å². The van der Waals surface area contributed by atoms with Crippen molar-refractivity contribution in [2.24, 2.45) is 0 Å². The van der Waals surface area contributed by atoms with E-state index in [1.807, 2.05) is 19.1 Å². The Morgan fingerprint density at radius 3 is 1.91 bits per heavy atom. The summed E-state index contributed by atoms with van der Waals surface area (Å²) in [6.07, 6.45) is 0. The van der Waals surface area contributed by atoms with E-state index in [1.165, 1.54) is 11.1 Å². The van der Waals surface area contributed by atoms with Gasteiger partial charge in [-0.15, -0.1) is 10.2 Å². The maximum Gasteiger partial charge on any atom is 0.230 e. The van der Waals surface area contributed by atoms with E-state index in [2.05, 4.69) is 70.7 Å². The van der Waals surface area contributed by atoms with Crippen LogP contribution in [0.25, 0.3) is 0 Å². The van der Waals surface area contributed by atoms with E-state index in [-0.39, 0.29) is 6.04 Å². The van der Waals surface area contributed by atoms with Gasteiger partial charge in [0.1, 0.15) is 0 Å². The molecule has 0 aliphatic heterocycles. The third-order valence-corrected chi connectivity index (χ3v) is 3.62. The van der Waals surface area contributed by atoms with Crippen LogP contribution in [-0.2, 0) is 6.54 Å². The van der Waals surface area contributed by atoms with E-state index < -0.39 is 0 Å². The molecule has 1 heterocycles. The minimum absolute atomic E-state index is 0.148. The summed E-state index contributed by atoms with van der Waals surface area (Å²) in [5, 5.41) is 8.00. The van der Waals surface area contributed by atoms with Crippen LogP contribution in [-0.4, -0.2) is 22.1 Å². The molecule has 0 spiro atoms. The van der Waals surface area contributed by atoms with Gasteiger partial charge in [0.05, 0.1) is 12.6 Å². The van der Waals surface area contributed by atoms with Gasteiger partial charge >= 0.3 is 0 Å². The smallest absolute Gasteiger partial charge is 0.230 e. The SMILES string of the molecule is Cc1nnc(CN(C)C(c2ccccc2)c2ccccc2)o1. The molecule has 0 radical (unpaired) electrons. The molecule has 2 aromatic carbocycles. The molecule has 0 aliphatic rings. The molecule has 1 aromatic heterocycles. The maximum atomic E-state index is 5.51. The summed E-state index contributed by atoms with van der Waals surface area (Å²) in [5.41, 5.74) is 2.49. The van der Waals surface area contributed by atoms with E-state index in [4.69, 9.17) is 4.42 Å². The molecular weight excluding hydrogens is 274 g/mol. The second kappa shape index (κ2) is 6.54. The van der Waals surface area contributed by atoms with Crippen LogP contribution in [0, 0.1) is 6.92 Å². The van der Waals surface area contributed by atoms with Crippen molar-refractivity contribution in [2.75, 3.05) is 7.05 Å². The summed E-state index contributed by atoms with van der Waals surface area (Å²) in [4.78, 5) is 2.22. The molecule has 3 aromatic rings. The number of nitrogens with zero attached hydrogens (tertiary/aromatic N) is 3. The molecule has 0 amide bonds. The largest absolute Gasteiger partial charge is 0.424 e. The van der Waals surface area contributed by atoms with Gasteiger partial charge < -0.3 is 4.42 Å². The zero-order chi connectivity index (χ0) is 15.4. The molecular formula is C18H19N3O. The van der Waals surface area contributed by atoms with Crippen molar-refractivity contribution in [3.63, 3.8) is 0 Å². The Balaban J connectivity index is 1.91. The lowest BCUT2D eigenvalue weighted by Crippen LogP contribution is -2.25. The first kappa shape index (κ1) is 14.5. The van der Waals surface area contributed by atoms with Gasteiger partial charge in [-0.1, -0.05) is 60.7 Å². The first-order chi connectivity index (χ1) is 10.7. The fourth-order valence-electron chi connectivity index (χ4n) is 2.68. The van der Waals surface area contributed by atoms with Crippen molar-refractivity contribution in [3.8, 4) is 0 Å². The molecule has 0 fully saturated rings. The van der Waals surface area contributed by atoms with Crippen molar-refractivity contribution < 1.29 is 4.42 Å². The lowest BCUT2D eigenvalue weighted by Gasteiger charge is -2.27. The molecule has 0 atom stereocenters. The predicted molar refractivity (Wildman–Crippen MR) is 85.2 cm³/mol. The second-order valence-electron chi connectivity index (χ2n) is 5.35. The van der Waals surface area contributed by atoms with Crippen LogP contribution in [0.4, 0.5) is 0 Å². The molecule has 0 bridgehead atoms. The third-order valence-electron chi connectivity index (χ3n) is 3.62. The highest BCUT2D eigenvalue weighted by molar-refractivity contribution is 5.31. The normalized spacial score (nSPS) is 11.3. The van der Waals surface area contributed by atoms with Crippen LogP contribution < -0.4 is 0 Å². The van der Waals surface area contributed by atoms with Crippen molar-refractivity contribution in [3.05, 3.63) is 83.6 Å². The number of hydrogen-bond donors (Lipinski definition) is 0. The number of hydrogen-bond acceptors (Lipinski definition) is 4. The topological polar surface area (TPSA) is 42.2 Å². The lowest BCUT2D eigenvalue weighted by atomic mass is 9.97. The van der Waals surface area contributed by atoms with Gasteiger partial charge in [-0.2, -0.15) is 0 Å². The van der Waals surface area contributed by atoms with E-state index in [1.54, 1.807) is 0 Å². The fraction of sp³-hybridized carbons (Fsp3) is 0.222. The first-order valence-corrected chi connectivity index (χ1v) is 7.33. The number of aryl methyl sites for hydroxylation is 1. The van der Waals surface area contributed by atoms with E-state index in [0.717, 1.165) is 0 Å². The average molecular weight is 293 g/mol. The van der Waals surface area contributed by atoms with Gasteiger partial charge in [-0.3, -0.25) is 4.90 Å². The summed E-state index contributed by atoms with van der Waals surface area (Å²) in [6, 6.07) is 21.1. The highest BCUT2D eigenvalue weighted by atomic mass is 16.4. The Bertz CT molecular complexity index is 670. The Labute approximate surface area is 130 Å². The zero-order valence-corrected chi connectivity index (χ0v) is 12.8. The minimum Gasteiger partial charge on any atom is -0.424 e. The van der Waals surface area contributed by atoms with Gasteiger partial charge in [-0.05, 0) is 18.2 Å². The minimum atomic E-state index is 0.148. The molecule has 4 nitrogen and oxygen atoms in total. The van der Waals surface area contributed by atoms with Crippen LogP contribution in [0.5, 0.6) is 0 Å². The van der Waals surface area contributed by atoms with Crippen LogP contribution >= 0.6 is 0 Å². The van der Waals surface area contributed by atoms with Crippen LogP contribution in [0.2, 0.25) is 0 Å². The Morgan fingerprint density at radius 1 is 0.909 bits per heavy atom.